The van der Waals surface area contributed by atoms with Crippen LogP contribution in [0.15, 0.2) is 114 Å². The number of hydrogen-bond acceptors (Lipinski definition) is 10. The summed E-state index contributed by atoms with van der Waals surface area (Å²) in [6.07, 6.45) is 3.56. The van der Waals surface area contributed by atoms with Gasteiger partial charge in [-0.15, -0.1) is 11.3 Å². The van der Waals surface area contributed by atoms with Gasteiger partial charge in [0.25, 0.3) is 0 Å². The van der Waals surface area contributed by atoms with E-state index < -0.39 is 0 Å². The third kappa shape index (κ3) is 11.0. The van der Waals surface area contributed by atoms with Gasteiger partial charge in [-0.2, -0.15) is 0 Å². The molecular formula is C53H62BrNO8S. The molecule has 0 bridgehead atoms. The zero-order valence-corrected chi connectivity index (χ0v) is 40.1. The lowest BCUT2D eigenvalue weighted by atomic mass is 9.73. The molecule has 1 aromatic heterocycles. The molecule has 0 fully saturated rings. The number of aromatic nitrogens is 1. The second-order valence-electron chi connectivity index (χ2n) is 16.1. The number of para-hydroxylation sites is 1. The highest BCUT2D eigenvalue weighted by molar-refractivity contribution is 9.10. The average Bonchev–Trinajstić information content (AvgIpc) is 3.96. The van der Waals surface area contributed by atoms with Crippen LogP contribution >= 0.6 is 27.3 Å². The zero-order chi connectivity index (χ0) is 44.6. The highest BCUT2D eigenvalue weighted by atomic mass is 79.9. The first-order valence-corrected chi connectivity index (χ1v) is 23.9. The van der Waals surface area contributed by atoms with Crippen molar-refractivity contribution in [2.75, 3.05) is 108 Å². The van der Waals surface area contributed by atoms with Crippen LogP contribution in [-0.2, 0) is 48.7 Å². The molecule has 0 unspecified atom stereocenters. The number of nitrogens with zero attached hydrogens (tertiary/aromatic N) is 1. The molecule has 0 amide bonds. The third-order valence-electron chi connectivity index (χ3n) is 12.5. The van der Waals surface area contributed by atoms with E-state index >= 15 is 0 Å². The molecule has 8 rings (SSSR count). The van der Waals surface area contributed by atoms with Crippen molar-refractivity contribution in [3.8, 4) is 32.8 Å². The summed E-state index contributed by atoms with van der Waals surface area (Å²) < 4.78 is 46.6. The van der Waals surface area contributed by atoms with Gasteiger partial charge in [-0.1, -0.05) is 94.8 Å². The summed E-state index contributed by atoms with van der Waals surface area (Å²) >= 11 is 5.42. The van der Waals surface area contributed by atoms with Crippen LogP contribution in [0.2, 0.25) is 0 Å². The number of halogens is 1. The largest absolute Gasteiger partial charge is 0.382 e. The molecule has 64 heavy (non-hydrogen) atoms. The predicted molar refractivity (Wildman–Crippen MR) is 261 cm³/mol. The summed E-state index contributed by atoms with van der Waals surface area (Å²) in [7, 11) is 6.80. The number of hydrogen-bond donors (Lipinski definition) is 0. The van der Waals surface area contributed by atoms with Crippen molar-refractivity contribution in [2.24, 2.45) is 0 Å². The molecule has 11 heteroatoms. The number of fused-ring (bicyclic) bond motifs is 7. The van der Waals surface area contributed by atoms with Crippen molar-refractivity contribution in [3.63, 3.8) is 0 Å². The lowest BCUT2D eigenvalue weighted by Crippen LogP contribution is -2.29. The first kappa shape index (κ1) is 48.1. The van der Waals surface area contributed by atoms with E-state index in [1.165, 1.54) is 49.2 Å². The SMILES string of the molecule is COCCOCCC1(CCOCCOC)c2ccccc2-c2ccc(-c3nc4ccccc4s3)cc21.COCCOCCC1(CCOCCOC)c2ccccc2-c2ccc(Br)cc21. The Hall–Kier alpha value is -3.85. The molecular weight excluding hydrogens is 891 g/mol. The Morgan fingerprint density at radius 1 is 0.438 bits per heavy atom. The minimum absolute atomic E-state index is 0.115. The highest BCUT2D eigenvalue weighted by Crippen LogP contribution is 2.55. The van der Waals surface area contributed by atoms with Gasteiger partial charge in [0.05, 0.1) is 63.1 Å². The van der Waals surface area contributed by atoms with Gasteiger partial charge in [0, 0.05) is 75.7 Å². The Morgan fingerprint density at radius 2 is 0.859 bits per heavy atom. The zero-order valence-electron chi connectivity index (χ0n) is 37.7. The Balaban J connectivity index is 0.000000198. The molecule has 5 aromatic carbocycles. The van der Waals surface area contributed by atoms with Gasteiger partial charge < -0.3 is 37.9 Å². The summed E-state index contributed by atoms with van der Waals surface area (Å²) in [5.74, 6) is 0. The van der Waals surface area contributed by atoms with Crippen molar-refractivity contribution in [2.45, 2.75) is 36.5 Å². The van der Waals surface area contributed by atoms with Gasteiger partial charge in [0.15, 0.2) is 0 Å². The van der Waals surface area contributed by atoms with Crippen molar-refractivity contribution < 1.29 is 37.9 Å². The van der Waals surface area contributed by atoms with Gasteiger partial charge in [-0.05, 0) is 101 Å². The third-order valence-corrected chi connectivity index (χ3v) is 14.0. The van der Waals surface area contributed by atoms with Gasteiger partial charge >= 0.3 is 0 Å². The van der Waals surface area contributed by atoms with E-state index in [2.05, 4.69) is 119 Å². The lowest BCUT2D eigenvalue weighted by Gasteiger charge is -2.32. The second kappa shape index (κ2) is 24.1. The van der Waals surface area contributed by atoms with E-state index in [-0.39, 0.29) is 10.8 Å². The van der Waals surface area contributed by atoms with Crippen LogP contribution in [0.4, 0.5) is 0 Å². The van der Waals surface area contributed by atoms with Crippen LogP contribution in [-0.4, -0.2) is 113 Å². The number of rotatable bonds is 25. The van der Waals surface area contributed by atoms with Crippen molar-refractivity contribution in [3.05, 3.63) is 136 Å². The molecule has 6 aromatic rings. The molecule has 0 atom stereocenters. The average molecular weight is 953 g/mol. The Bertz CT molecular complexity index is 2320. The Labute approximate surface area is 391 Å². The first-order chi connectivity index (χ1) is 31.5. The van der Waals surface area contributed by atoms with Gasteiger partial charge in [-0.3, -0.25) is 0 Å². The lowest BCUT2D eigenvalue weighted by molar-refractivity contribution is 0.0490. The van der Waals surface area contributed by atoms with E-state index in [0.717, 1.165) is 46.2 Å². The smallest absolute Gasteiger partial charge is 0.124 e. The van der Waals surface area contributed by atoms with E-state index in [1.807, 2.05) is 6.07 Å². The van der Waals surface area contributed by atoms with Crippen LogP contribution in [0.3, 0.4) is 0 Å². The summed E-state index contributed by atoms with van der Waals surface area (Å²) in [5.41, 5.74) is 12.5. The fraction of sp³-hybridized carbons (Fsp3) is 0.415. The van der Waals surface area contributed by atoms with Crippen LogP contribution in [0, 0.1) is 0 Å². The van der Waals surface area contributed by atoms with Gasteiger partial charge in [0.1, 0.15) is 5.01 Å². The van der Waals surface area contributed by atoms with Gasteiger partial charge in [0.2, 0.25) is 0 Å². The minimum atomic E-state index is -0.196. The van der Waals surface area contributed by atoms with Crippen LogP contribution in [0.25, 0.3) is 43.0 Å². The van der Waals surface area contributed by atoms with Crippen LogP contribution < -0.4 is 0 Å². The molecule has 2 aliphatic rings. The monoisotopic (exact) mass is 951 g/mol. The van der Waals surface area contributed by atoms with E-state index in [1.54, 1.807) is 39.8 Å². The Kier molecular flexibility index (Phi) is 18.1. The van der Waals surface area contributed by atoms with Crippen molar-refractivity contribution in [1.29, 1.82) is 0 Å². The van der Waals surface area contributed by atoms with E-state index in [9.17, 15) is 0 Å². The standard InChI is InChI=1S/C30H33NO4S.C23H29BrO4/c1-32-17-19-34-15-13-30(14-16-35-20-18-33-2)25-8-4-3-7-23(25)24-12-11-22(21-26(24)30)29-31-27-9-5-6-10-28(27)36-29;1-25-13-15-27-11-9-23(10-12-28-16-14-26-2)21-6-4-3-5-19(21)20-8-7-18(24)17-22(20)23/h3-12,21H,13-20H2,1-2H3;3-8,17H,9-16H2,1-2H3. The molecule has 0 saturated heterocycles. The molecule has 0 spiro atoms. The normalized spacial score (nSPS) is 13.9. The maximum absolute atomic E-state index is 5.99. The fourth-order valence-corrected chi connectivity index (χ4v) is 10.6. The molecule has 0 radical (unpaired) electrons. The quantitative estimate of drug-likeness (QED) is 0.0521. The first-order valence-electron chi connectivity index (χ1n) is 22.3. The predicted octanol–water partition coefficient (Wildman–Crippen LogP) is 11.2. The highest BCUT2D eigenvalue weighted by Gasteiger charge is 2.44. The maximum atomic E-state index is 5.99. The number of thiazole rings is 1. The van der Waals surface area contributed by atoms with Crippen LogP contribution in [0.1, 0.15) is 47.9 Å². The topological polar surface area (TPSA) is 86.7 Å². The number of methoxy groups -OCH3 is 4. The minimum Gasteiger partial charge on any atom is -0.382 e. The maximum Gasteiger partial charge on any atom is 0.124 e. The fourth-order valence-electron chi connectivity index (χ4n) is 9.30. The second-order valence-corrected chi connectivity index (χ2v) is 18.1. The van der Waals surface area contributed by atoms with Gasteiger partial charge in [-0.25, -0.2) is 4.98 Å². The van der Waals surface area contributed by atoms with Crippen LogP contribution in [0.5, 0.6) is 0 Å². The Morgan fingerprint density at radius 3 is 1.34 bits per heavy atom. The molecule has 0 N–H and O–H groups in total. The summed E-state index contributed by atoms with van der Waals surface area (Å²) in [4.78, 5) is 4.94. The molecule has 1 heterocycles. The number of ether oxygens (including phenoxy) is 8. The molecule has 0 aliphatic heterocycles. The molecule has 0 saturated carbocycles. The molecule has 9 nitrogen and oxygen atoms in total. The van der Waals surface area contributed by atoms with E-state index in [0.29, 0.717) is 79.3 Å². The van der Waals surface area contributed by atoms with Crippen molar-refractivity contribution in [1.82, 2.24) is 4.98 Å². The molecule has 340 valence electrons. The van der Waals surface area contributed by atoms with E-state index in [4.69, 9.17) is 42.9 Å². The molecule has 2 aliphatic carbocycles. The number of benzene rings is 5. The van der Waals surface area contributed by atoms with Crippen molar-refractivity contribution >= 4 is 37.5 Å². The summed E-state index contributed by atoms with van der Waals surface area (Å²) in [6.45, 7) is 7.52. The summed E-state index contributed by atoms with van der Waals surface area (Å²) in [5, 5.41) is 1.05. The summed E-state index contributed by atoms with van der Waals surface area (Å²) in [6, 6.07) is 39.3.